The number of hydrogen-bond acceptors (Lipinski definition) is 2. The molecule has 4 nitrogen and oxygen atoms in total. The zero-order valence-corrected chi connectivity index (χ0v) is 13.7. The third-order valence-electron chi connectivity index (χ3n) is 3.97. The maximum absolute atomic E-state index is 14.0. The van der Waals surface area contributed by atoms with Gasteiger partial charge in [-0.25, -0.2) is 4.39 Å². The molecule has 6 heteroatoms. The van der Waals surface area contributed by atoms with Gasteiger partial charge >= 0.3 is 0 Å². The van der Waals surface area contributed by atoms with Crippen LogP contribution in [0.25, 0.3) is 0 Å². The van der Waals surface area contributed by atoms with Gasteiger partial charge in [-0.3, -0.25) is 9.59 Å². The second kappa shape index (κ2) is 7.01. The summed E-state index contributed by atoms with van der Waals surface area (Å²) in [5.41, 5.74) is 0.612. The van der Waals surface area contributed by atoms with Gasteiger partial charge in [0.25, 0.3) is 5.91 Å². The molecule has 1 aliphatic rings. The number of amides is 2. The van der Waals surface area contributed by atoms with Gasteiger partial charge in [-0.05, 0) is 30.7 Å². The summed E-state index contributed by atoms with van der Waals surface area (Å²) in [6, 6.07) is 13.4. The molecule has 0 aromatic heterocycles. The third-order valence-corrected chi connectivity index (χ3v) is 4.28. The first-order valence-electron chi connectivity index (χ1n) is 7.66. The van der Waals surface area contributed by atoms with E-state index in [1.54, 1.807) is 4.90 Å². The van der Waals surface area contributed by atoms with Crippen LogP contribution in [-0.4, -0.2) is 36.3 Å². The Labute approximate surface area is 144 Å². The largest absolute Gasteiger partial charge is 0.329 e. The third kappa shape index (κ3) is 3.26. The van der Waals surface area contributed by atoms with Gasteiger partial charge in [-0.1, -0.05) is 35.9 Å². The monoisotopic (exact) mass is 346 g/mol. The zero-order chi connectivity index (χ0) is 17.1. The average molecular weight is 347 g/mol. The summed E-state index contributed by atoms with van der Waals surface area (Å²) in [5, 5.41) is 0.0524. The molecule has 0 atom stereocenters. The summed E-state index contributed by atoms with van der Waals surface area (Å²) < 4.78 is 14.0. The minimum absolute atomic E-state index is 0.0524. The van der Waals surface area contributed by atoms with E-state index in [4.69, 9.17) is 11.6 Å². The maximum atomic E-state index is 14.0. The van der Waals surface area contributed by atoms with Crippen LogP contribution in [0.5, 0.6) is 0 Å². The lowest BCUT2D eigenvalue weighted by Crippen LogP contribution is -2.39. The molecule has 3 rings (SSSR count). The molecule has 0 aliphatic carbocycles. The molecule has 1 heterocycles. The summed E-state index contributed by atoms with van der Waals surface area (Å²) in [6.45, 7) is 0.786. The molecule has 0 unspecified atom stereocenters. The van der Waals surface area contributed by atoms with Crippen molar-refractivity contribution in [2.24, 2.45) is 0 Å². The molecule has 1 fully saturated rings. The van der Waals surface area contributed by atoms with Crippen molar-refractivity contribution in [3.05, 3.63) is 64.9 Å². The summed E-state index contributed by atoms with van der Waals surface area (Å²) in [6.07, 6.45) is 0.610. The number of halogens is 2. The predicted octanol–water partition coefficient (Wildman–Crippen LogP) is 3.36. The van der Waals surface area contributed by atoms with Gasteiger partial charge in [0.15, 0.2) is 0 Å². The minimum atomic E-state index is -0.677. The molecule has 2 amide bonds. The lowest BCUT2D eigenvalue weighted by Gasteiger charge is -2.22. The standard InChI is InChI=1S/C18H16ClFN2O2/c19-14-8-4-9-15(20)17(14)18(24)21-10-5-11-22(16(23)12-21)13-6-2-1-3-7-13/h1-4,6-9H,5,10-12H2. The number of hydrogen-bond donors (Lipinski definition) is 0. The Morgan fingerprint density at radius 2 is 1.79 bits per heavy atom. The van der Waals surface area contributed by atoms with Crippen LogP contribution in [0.4, 0.5) is 10.1 Å². The first-order chi connectivity index (χ1) is 11.6. The molecule has 0 saturated carbocycles. The van der Waals surface area contributed by atoms with Crippen LogP contribution in [-0.2, 0) is 4.79 Å². The minimum Gasteiger partial charge on any atom is -0.329 e. The molecule has 24 heavy (non-hydrogen) atoms. The van der Waals surface area contributed by atoms with Gasteiger partial charge in [0, 0.05) is 18.8 Å². The van der Waals surface area contributed by atoms with Crippen LogP contribution in [0.1, 0.15) is 16.8 Å². The van der Waals surface area contributed by atoms with Crippen molar-refractivity contribution in [3.63, 3.8) is 0 Å². The zero-order valence-electron chi connectivity index (χ0n) is 12.9. The van der Waals surface area contributed by atoms with Crippen LogP contribution in [0.3, 0.4) is 0 Å². The molecule has 2 aromatic rings. The second-order valence-corrected chi connectivity index (χ2v) is 5.97. The number of rotatable bonds is 2. The summed E-state index contributed by atoms with van der Waals surface area (Å²) in [5.74, 6) is -1.43. The molecule has 0 spiro atoms. The molecule has 124 valence electrons. The van der Waals surface area contributed by atoms with Crippen molar-refractivity contribution in [1.82, 2.24) is 4.90 Å². The maximum Gasteiger partial charge on any atom is 0.258 e. The molecular formula is C18H16ClFN2O2. The van der Waals surface area contributed by atoms with Gasteiger partial charge < -0.3 is 9.80 Å². The Kier molecular flexibility index (Phi) is 4.81. The molecular weight excluding hydrogens is 331 g/mol. The quantitative estimate of drug-likeness (QED) is 0.836. The highest BCUT2D eigenvalue weighted by Gasteiger charge is 2.28. The van der Waals surface area contributed by atoms with E-state index in [1.807, 2.05) is 30.3 Å². The molecule has 0 radical (unpaired) electrons. The van der Waals surface area contributed by atoms with Crippen LogP contribution in [0, 0.1) is 5.82 Å². The Morgan fingerprint density at radius 1 is 1.04 bits per heavy atom. The predicted molar refractivity (Wildman–Crippen MR) is 90.7 cm³/mol. The fourth-order valence-electron chi connectivity index (χ4n) is 2.79. The van der Waals surface area contributed by atoms with Crippen LogP contribution in [0.15, 0.2) is 48.5 Å². The summed E-state index contributed by atoms with van der Waals surface area (Å²) >= 11 is 5.96. The van der Waals surface area contributed by atoms with Crippen molar-refractivity contribution in [2.75, 3.05) is 24.5 Å². The highest BCUT2D eigenvalue weighted by atomic mass is 35.5. The first-order valence-corrected chi connectivity index (χ1v) is 8.04. The van der Waals surface area contributed by atoms with Crippen molar-refractivity contribution in [3.8, 4) is 0 Å². The Hall–Kier alpha value is -2.40. The Morgan fingerprint density at radius 3 is 2.50 bits per heavy atom. The highest BCUT2D eigenvalue weighted by molar-refractivity contribution is 6.33. The normalized spacial score (nSPS) is 15.3. The number of nitrogens with zero attached hydrogens (tertiary/aromatic N) is 2. The van der Waals surface area contributed by atoms with Crippen molar-refractivity contribution >= 4 is 29.1 Å². The van der Waals surface area contributed by atoms with Crippen molar-refractivity contribution in [2.45, 2.75) is 6.42 Å². The van der Waals surface area contributed by atoms with Gasteiger partial charge in [0.2, 0.25) is 5.91 Å². The Bertz CT molecular complexity index is 747. The highest BCUT2D eigenvalue weighted by Crippen LogP contribution is 2.23. The van der Waals surface area contributed by atoms with Crippen LogP contribution in [0.2, 0.25) is 5.02 Å². The lowest BCUT2D eigenvalue weighted by molar-refractivity contribution is -0.118. The lowest BCUT2D eigenvalue weighted by atomic mass is 10.1. The van der Waals surface area contributed by atoms with Gasteiger partial charge in [0.05, 0.1) is 10.6 Å². The molecule has 1 saturated heterocycles. The fourth-order valence-corrected chi connectivity index (χ4v) is 3.03. The number of para-hydroxylation sites is 1. The molecule has 0 bridgehead atoms. The topological polar surface area (TPSA) is 40.6 Å². The Balaban J connectivity index is 1.82. The van der Waals surface area contributed by atoms with E-state index in [9.17, 15) is 14.0 Å². The fraction of sp³-hybridized carbons (Fsp3) is 0.222. The van der Waals surface area contributed by atoms with E-state index in [2.05, 4.69) is 0 Å². The van der Waals surface area contributed by atoms with E-state index >= 15 is 0 Å². The first kappa shape index (κ1) is 16.5. The van der Waals surface area contributed by atoms with Crippen molar-refractivity contribution in [1.29, 1.82) is 0 Å². The van der Waals surface area contributed by atoms with E-state index < -0.39 is 11.7 Å². The second-order valence-electron chi connectivity index (χ2n) is 5.56. The van der Waals surface area contributed by atoms with Gasteiger partial charge in [-0.15, -0.1) is 0 Å². The number of carbonyl (C=O) groups excluding carboxylic acids is 2. The van der Waals surface area contributed by atoms with E-state index in [-0.39, 0.29) is 23.0 Å². The number of anilines is 1. The smallest absolute Gasteiger partial charge is 0.258 e. The van der Waals surface area contributed by atoms with E-state index in [0.717, 1.165) is 5.69 Å². The van der Waals surface area contributed by atoms with E-state index in [0.29, 0.717) is 19.5 Å². The molecule has 0 N–H and O–H groups in total. The van der Waals surface area contributed by atoms with E-state index in [1.165, 1.54) is 23.1 Å². The number of benzene rings is 2. The summed E-state index contributed by atoms with van der Waals surface area (Å²) in [4.78, 5) is 28.2. The molecule has 1 aliphatic heterocycles. The van der Waals surface area contributed by atoms with Gasteiger partial charge in [-0.2, -0.15) is 0 Å². The van der Waals surface area contributed by atoms with Crippen LogP contribution >= 0.6 is 11.6 Å². The van der Waals surface area contributed by atoms with Crippen molar-refractivity contribution < 1.29 is 14.0 Å². The number of carbonyl (C=O) groups is 2. The molecule has 2 aromatic carbocycles. The average Bonchev–Trinajstić information content (AvgIpc) is 2.77. The van der Waals surface area contributed by atoms with Crippen LogP contribution < -0.4 is 4.90 Å². The SMILES string of the molecule is O=C(c1c(F)cccc1Cl)N1CCCN(c2ccccc2)C(=O)C1. The summed E-state index contributed by atoms with van der Waals surface area (Å²) in [7, 11) is 0. The van der Waals surface area contributed by atoms with Gasteiger partial charge in [0.1, 0.15) is 12.4 Å².